The molecule has 7 heteroatoms. The minimum Gasteiger partial charge on any atom is -0.369 e. The number of para-hydroxylation sites is 1. The molecular formula is C23H19Cl2N5. The summed E-state index contributed by atoms with van der Waals surface area (Å²) in [4.78, 5) is 0. The number of nitrogens with zero attached hydrogens (tertiary/aromatic N) is 3. The predicted octanol–water partition coefficient (Wildman–Crippen LogP) is 5.27. The van der Waals surface area contributed by atoms with E-state index in [9.17, 15) is 0 Å². The van der Waals surface area contributed by atoms with Gasteiger partial charge in [-0.1, -0.05) is 71.7 Å². The predicted molar refractivity (Wildman–Crippen MR) is 126 cm³/mol. The number of nitrogens with two attached hydrogens (primary N) is 2. The lowest BCUT2D eigenvalue weighted by Crippen LogP contribution is -2.21. The smallest absolute Gasteiger partial charge is 0.211 e. The Morgan fingerprint density at radius 3 is 2.33 bits per heavy atom. The van der Waals surface area contributed by atoms with E-state index in [1.165, 1.54) is 0 Å². The van der Waals surface area contributed by atoms with Gasteiger partial charge >= 0.3 is 0 Å². The normalized spacial score (nSPS) is 11.3. The van der Waals surface area contributed by atoms with Gasteiger partial charge in [0.05, 0.1) is 11.9 Å². The Morgan fingerprint density at radius 2 is 1.60 bits per heavy atom. The molecule has 0 saturated carbocycles. The van der Waals surface area contributed by atoms with Crippen LogP contribution >= 0.6 is 23.2 Å². The highest BCUT2D eigenvalue weighted by molar-refractivity contribution is 6.31. The van der Waals surface area contributed by atoms with E-state index >= 15 is 0 Å². The number of halogens is 2. The summed E-state index contributed by atoms with van der Waals surface area (Å²) in [5, 5.41) is 10.3. The highest BCUT2D eigenvalue weighted by Crippen LogP contribution is 2.35. The standard InChI is InChI=1S/C23H19Cl2N5/c24-17-11-9-15(10-12-17)22-19(13-28-29-23(26)27)18-6-2-4-8-21(18)30(22)14-16-5-1-3-7-20(16)25/h1-13H,14H2,(H4,26,27,29)/b28-13+. The van der Waals surface area contributed by atoms with Gasteiger partial charge in [-0.25, -0.2) is 0 Å². The molecule has 4 N–H and O–H groups in total. The molecule has 4 aromatic rings. The molecule has 3 aromatic carbocycles. The van der Waals surface area contributed by atoms with Gasteiger partial charge in [-0.15, -0.1) is 5.10 Å². The van der Waals surface area contributed by atoms with Crippen molar-refractivity contribution in [3.8, 4) is 11.3 Å². The molecule has 150 valence electrons. The summed E-state index contributed by atoms with van der Waals surface area (Å²) in [6.45, 7) is 0.592. The Hall–Kier alpha value is -3.28. The summed E-state index contributed by atoms with van der Waals surface area (Å²) in [5.74, 6) is -0.0981. The first kappa shape index (κ1) is 20.0. The van der Waals surface area contributed by atoms with Gasteiger partial charge in [-0.3, -0.25) is 0 Å². The molecule has 0 saturated heterocycles. The lowest BCUT2D eigenvalue weighted by Gasteiger charge is -2.13. The molecule has 5 nitrogen and oxygen atoms in total. The van der Waals surface area contributed by atoms with Crippen LogP contribution in [-0.2, 0) is 6.54 Å². The fourth-order valence-corrected chi connectivity index (χ4v) is 3.82. The number of aromatic nitrogens is 1. The highest BCUT2D eigenvalue weighted by Gasteiger charge is 2.18. The van der Waals surface area contributed by atoms with Crippen LogP contribution in [0.4, 0.5) is 0 Å². The monoisotopic (exact) mass is 435 g/mol. The first-order valence-electron chi connectivity index (χ1n) is 9.27. The molecule has 0 bridgehead atoms. The summed E-state index contributed by atoms with van der Waals surface area (Å²) in [5.41, 5.74) is 15.8. The van der Waals surface area contributed by atoms with E-state index in [-0.39, 0.29) is 5.96 Å². The molecule has 0 radical (unpaired) electrons. The van der Waals surface area contributed by atoms with Gasteiger partial charge in [-0.2, -0.15) is 5.10 Å². The Labute approximate surface area is 184 Å². The molecule has 1 aromatic heterocycles. The van der Waals surface area contributed by atoms with Crippen molar-refractivity contribution >= 4 is 46.3 Å². The minimum absolute atomic E-state index is 0.0981. The molecule has 4 rings (SSSR count). The maximum atomic E-state index is 6.47. The molecule has 0 spiro atoms. The minimum atomic E-state index is -0.0981. The van der Waals surface area contributed by atoms with Crippen molar-refractivity contribution in [2.24, 2.45) is 21.7 Å². The molecule has 0 fully saturated rings. The number of guanidine groups is 1. The fourth-order valence-electron chi connectivity index (χ4n) is 3.49. The molecule has 30 heavy (non-hydrogen) atoms. The zero-order valence-electron chi connectivity index (χ0n) is 16.0. The zero-order valence-corrected chi connectivity index (χ0v) is 17.5. The SMILES string of the molecule is NC(N)=N/N=C/c1c(-c2ccc(Cl)cc2)n(Cc2ccccc2Cl)c2ccccc12. The lowest BCUT2D eigenvalue weighted by atomic mass is 10.1. The van der Waals surface area contributed by atoms with Crippen LogP contribution in [-0.4, -0.2) is 16.7 Å². The largest absolute Gasteiger partial charge is 0.369 e. The molecule has 0 unspecified atom stereocenters. The average molecular weight is 436 g/mol. The van der Waals surface area contributed by atoms with Crippen molar-refractivity contribution in [2.75, 3.05) is 0 Å². The molecule has 0 aliphatic carbocycles. The van der Waals surface area contributed by atoms with Crippen LogP contribution in [0.25, 0.3) is 22.2 Å². The third-order valence-corrected chi connectivity index (χ3v) is 5.39. The van der Waals surface area contributed by atoms with Crippen LogP contribution in [0.2, 0.25) is 10.0 Å². The van der Waals surface area contributed by atoms with Gasteiger partial charge in [-0.05, 0) is 35.4 Å². The van der Waals surface area contributed by atoms with Crippen LogP contribution in [0.3, 0.4) is 0 Å². The van der Waals surface area contributed by atoms with E-state index in [0.29, 0.717) is 16.6 Å². The lowest BCUT2D eigenvalue weighted by molar-refractivity contribution is 0.844. The second-order valence-corrected chi connectivity index (χ2v) is 7.58. The second kappa shape index (κ2) is 8.61. The van der Waals surface area contributed by atoms with Crippen molar-refractivity contribution in [1.29, 1.82) is 0 Å². The van der Waals surface area contributed by atoms with Crippen LogP contribution in [0.15, 0.2) is 83.0 Å². The van der Waals surface area contributed by atoms with Gasteiger partial charge in [0.2, 0.25) is 5.96 Å². The van der Waals surface area contributed by atoms with E-state index in [4.69, 9.17) is 34.7 Å². The van der Waals surface area contributed by atoms with Crippen LogP contribution < -0.4 is 11.5 Å². The zero-order chi connectivity index (χ0) is 21.1. The fraction of sp³-hybridized carbons (Fsp3) is 0.0435. The van der Waals surface area contributed by atoms with E-state index in [2.05, 4.69) is 26.9 Å². The van der Waals surface area contributed by atoms with E-state index in [1.807, 2.05) is 60.7 Å². The first-order valence-corrected chi connectivity index (χ1v) is 10.0. The first-order chi connectivity index (χ1) is 14.5. The molecule has 0 aliphatic rings. The third kappa shape index (κ3) is 4.03. The molecule has 0 atom stereocenters. The van der Waals surface area contributed by atoms with Crippen LogP contribution in [0, 0.1) is 0 Å². The molecule has 1 heterocycles. The summed E-state index contributed by atoms with van der Waals surface area (Å²) in [6.07, 6.45) is 1.68. The maximum Gasteiger partial charge on any atom is 0.211 e. The van der Waals surface area contributed by atoms with E-state index in [1.54, 1.807) is 6.21 Å². The van der Waals surface area contributed by atoms with Crippen molar-refractivity contribution in [2.45, 2.75) is 6.54 Å². The second-order valence-electron chi connectivity index (χ2n) is 6.73. The molecular weight excluding hydrogens is 417 g/mol. The van der Waals surface area contributed by atoms with Gasteiger partial charge in [0, 0.05) is 33.1 Å². The number of rotatable bonds is 5. The van der Waals surface area contributed by atoms with Crippen molar-refractivity contribution in [3.63, 3.8) is 0 Å². The highest BCUT2D eigenvalue weighted by atomic mass is 35.5. The number of benzene rings is 3. The van der Waals surface area contributed by atoms with Gasteiger partial charge in [0.25, 0.3) is 0 Å². The number of hydrogen-bond acceptors (Lipinski definition) is 2. The van der Waals surface area contributed by atoms with Gasteiger partial charge in [0.15, 0.2) is 0 Å². The maximum absolute atomic E-state index is 6.47. The molecule has 0 amide bonds. The van der Waals surface area contributed by atoms with Gasteiger partial charge < -0.3 is 16.0 Å². The van der Waals surface area contributed by atoms with Crippen LogP contribution in [0.5, 0.6) is 0 Å². The number of fused-ring (bicyclic) bond motifs is 1. The van der Waals surface area contributed by atoms with Crippen molar-refractivity contribution in [1.82, 2.24) is 4.57 Å². The topological polar surface area (TPSA) is 81.7 Å². The summed E-state index contributed by atoms with van der Waals surface area (Å²) in [6, 6.07) is 23.6. The third-order valence-electron chi connectivity index (χ3n) is 4.77. The van der Waals surface area contributed by atoms with Crippen LogP contribution in [0.1, 0.15) is 11.1 Å². The van der Waals surface area contributed by atoms with Gasteiger partial charge in [0.1, 0.15) is 0 Å². The Bertz CT molecular complexity index is 1250. The van der Waals surface area contributed by atoms with E-state index < -0.39 is 0 Å². The summed E-state index contributed by atoms with van der Waals surface area (Å²) < 4.78 is 2.22. The average Bonchev–Trinajstić information content (AvgIpc) is 3.04. The van der Waals surface area contributed by atoms with Crippen molar-refractivity contribution < 1.29 is 0 Å². The Balaban J connectivity index is 2.00. The summed E-state index contributed by atoms with van der Waals surface area (Å²) >= 11 is 12.6. The quantitative estimate of drug-likeness (QED) is 0.254. The Kier molecular flexibility index (Phi) is 5.74. The van der Waals surface area contributed by atoms with Crippen molar-refractivity contribution in [3.05, 3.63) is 94.0 Å². The Morgan fingerprint density at radius 1 is 0.900 bits per heavy atom. The number of hydrogen-bond donors (Lipinski definition) is 2. The summed E-state index contributed by atoms with van der Waals surface area (Å²) in [7, 11) is 0. The van der Waals surface area contributed by atoms with E-state index in [0.717, 1.165) is 33.3 Å². The molecule has 0 aliphatic heterocycles.